The molecule has 1 aliphatic heterocycles. The Balaban J connectivity index is 1.62. The highest BCUT2D eigenvalue weighted by Gasteiger charge is 2.43. The number of carbonyl (C=O) groups excluding carboxylic acids is 2. The fourth-order valence-electron chi connectivity index (χ4n) is 3.68. The Morgan fingerprint density at radius 2 is 1.62 bits per heavy atom. The molecule has 0 bridgehead atoms. The van der Waals surface area contributed by atoms with Gasteiger partial charge in [-0.05, 0) is 54.2 Å². The summed E-state index contributed by atoms with van der Waals surface area (Å²) in [5, 5.41) is 3.58. The van der Waals surface area contributed by atoms with Crippen molar-refractivity contribution in [1.29, 1.82) is 0 Å². The summed E-state index contributed by atoms with van der Waals surface area (Å²) in [5.41, 5.74) is 2.33. The first-order valence-electron chi connectivity index (χ1n) is 10.2. The molecule has 0 aromatic heterocycles. The number of methoxy groups -OCH3 is 1. The largest absolute Gasteiger partial charge is 0.497 e. The number of ether oxygens (including phenoxy) is 1. The molecular formula is C25H23N3O3S. The number of amides is 2. The molecule has 1 saturated heterocycles. The molecule has 7 heteroatoms. The molecule has 6 nitrogen and oxygen atoms in total. The lowest BCUT2D eigenvalue weighted by atomic mass is 10.1. The number of carbonyl (C=O) groups is 2. The van der Waals surface area contributed by atoms with E-state index in [0.717, 1.165) is 17.0 Å². The lowest BCUT2D eigenvalue weighted by Gasteiger charge is -2.30. The van der Waals surface area contributed by atoms with Crippen LogP contribution in [0.5, 0.6) is 5.75 Å². The van der Waals surface area contributed by atoms with Crippen molar-refractivity contribution in [2.24, 2.45) is 0 Å². The van der Waals surface area contributed by atoms with Crippen LogP contribution in [0.25, 0.3) is 0 Å². The molecule has 0 unspecified atom stereocenters. The van der Waals surface area contributed by atoms with Gasteiger partial charge in [-0.1, -0.05) is 48.5 Å². The fraction of sp³-hybridized carbons (Fsp3) is 0.160. The first kappa shape index (κ1) is 21.5. The second-order valence-corrected chi connectivity index (χ2v) is 7.78. The molecule has 0 spiro atoms. The predicted molar refractivity (Wildman–Crippen MR) is 129 cm³/mol. The van der Waals surface area contributed by atoms with Crippen LogP contribution in [0.1, 0.15) is 12.0 Å². The first-order chi connectivity index (χ1) is 15.6. The van der Waals surface area contributed by atoms with Crippen molar-refractivity contribution in [2.75, 3.05) is 17.3 Å². The number of benzene rings is 3. The quantitative estimate of drug-likeness (QED) is 0.453. The standard InChI is InChI=1S/C25H23N3O3S/c1-31-21-14-12-18(13-15-21)17-27(25(32)26-19-8-4-2-5-9-19)22-16-23(29)28(24(22)30)20-10-6-3-7-11-20/h2-15,22H,16-17H2,1H3,(H,26,32)/t22-/m0/s1. The third-order valence-electron chi connectivity index (χ3n) is 5.31. The van der Waals surface area contributed by atoms with Gasteiger partial charge in [-0.3, -0.25) is 9.59 Å². The maximum absolute atomic E-state index is 13.4. The van der Waals surface area contributed by atoms with E-state index < -0.39 is 6.04 Å². The molecule has 3 aromatic rings. The van der Waals surface area contributed by atoms with Gasteiger partial charge in [0.1, 0.15) is 11.8 Å². The van der Waals surface area contributed by atoms with E-state index in [9.17, 15) is 9.59 Å². The van der Waals surface area contributed by atoms with Gasteiger partial charge in [-0.2, -0.15) is 0 Å². The number of para-hydroxylation sites is 2. The Kier molecular flexibility index (Phi) is 6.47. The molecule has 1 atom stereocenters. The van der Waals surface area contributed by atoms with Gasteiger partial charge in [0.25, 0.3) is 5.91 Å². The average molecular weight is 446 g/mol. The predicted octanol–water partition coefficient (Wildman–Crippen LogP) is 4.23. The molecule has 162 valence electrons. The second-order valence-electron chi connectivity index (χ2n) is 7.40. The number of anilines is 2. The number of imide groups is 1. The van der Waals surface area contributed by atoms with Crippen molar-refractivity contribution in [1.82, 2.24) is 4.90 Å². The van der Waals surface area contributed by atoms with E-state index in [1.807, 2.05) is 60.7 Å². The van der Waals surface area contributed by atoms with Crippen LogP contribution in [0.15, 0.2) is 84.9 Å². The molecule has 32 heavy (non-hydrogen) atoms. The minimum Gasteiger partial charge on any atom is -0.497 e. The van der Waals surface area contributed by atoms with E-state index in [1.54, 1.807) is 36.3 Å². The fourth-order valence-corrected chi connectivity index (χ4v) is 3.99. The third kappa shape index (κ3) is 4.63. The highest BCUT2D eigenvalue weighted by atomic mass is 32.1. The summed E-state index contributed by atoms with van der Waals surface area (Å²) in [4.78, 5) is 29.2. The number of rotatable bonds is 6. The van der Waals surface area contributed by atoms with Crippen LogP contribution in [-0.4, -0.2) is 35.0 Å². The number of hydrogen-bond acceptors (Lipinski definition) is 4. The summed E-state index contributed by atoms with van der Waals surface area (Å²) in [7, 11) is 1.61. The Morgan fingerprint density at radius 3 is 2.25 bits per heavy atom. The average Bonchev–Trinajstić information content (AvgIpc) is 3.12. The summed E-state index contributed by atoms with van der Waals surface area (Å²) >= 11 is 5.70. The molecule has 0 aliphatic carbocycles. The van der Waals surface area contributed by atoms with Crippen molar-refractivity contribution >= 4 is 40.5 Å². The summed E-state index contributed by atoms with van der Waals surface area (Å²) in [6.07, 6.45) is 0.0560. The van der Waals surface area contributed by atoms with Crippen molar-refractivity contribution in [3.8, 4) is 5.75 Å². The van der Waals surface area contributed by atoms with Gasteiger partial charge < -0.3 is 15.0 Å². The Hall–Kier alpha value is -3.71. The first-order valence-corrected chi connectivity index (χ1v) is 10.6. The van der Waals surface area contributed by atoms with Crippen LogP contribution in [0, 0.1) is 0 Å². The molecule has 4 rings (SSSR count). The summed E-state index contributed by atoms with van der Waals surface area (Å²) in [5.74, 6) is 0.216. The van der Waals surface area contributed by atoms with Crippen LogP contribution in [0.2, 0.25) is 0 Å². The van der Waals surface area contributed by atoms with Gasteiger partial charge in [-0.25, -0.2) is 4.90 Å². The maximum Gasteiger partial charge on any atom is 0.257 e. The van der Waals surface area contributed by atoms with E-state index in [1.165, 1.54) is 4.90 Å². The Bertz CT molecular complexity index is 1100. The zero-order chi connectivity index (χ0) is 22.5. The minimum atomic E-state index is -0.700. The summed E-state index contributed by atoms with van der Waals surface area (Å²) < 4.78 is 5.24. The van der Waals surface area contributed by atoms with Crippen LogP contribution < -0.4 is 15.0 Å². The highest BCUT2D eigenvalue weighted by molar-refractivity contribution is 7.80. The molecular weight excluding hydrogens is 422 g/mol. The number of nitrogens with zero attached hydrogens (tertiary/aromatic N) is 2. The normalized spacial score (nSPS) is 15.5. The molecule has 1 heterocycles. The molecule has 0 radical (unpaired) electrons. The van der Waals surface area contributed by atoms with E-state index in [2.05, 4.69) is 5.32 Å². The zero-order valence-electron chi connectivity index (χ0n) is 17.6. The van der Waals surface area contributed by atoms with Crippen molar-refractivity contribution in [3.63, 3.8) is 0 Å². The lowest BCUT2D eigenvalue weighted by molar-refractivity contribution is -0.122. The van der Waals surface area contributed by atoms with Gasteiger partial charge in [0, 0.05) is 12.2 Å². The molecule has 3 aromatic carbocycles. The van der Waals surface area contributed by atoms with Crippen molar-refractivity contribution < 1.29 is 14.3 Å². The van der Waals surface area contributed by atoms with Crippen molar-refractivity contribution in [2.45, 2.75) is 19.0 Å². The van der Waals surface area contributed by atoms with Crippen LogP contribution >= 0.6 is 12.2 Å². The topological polar surface area (TPSA) is 61.9 Å². The molecule has 1 N–H and O–H groups in total. The third-order valence-corrected chi connectivity index (χ3v) is 5.65. The maximum atomic E-state index is 13.4. The van der Waals surface area contributed by atoms with Crippen LogP contribution in [0.3, 0.4) is 0 Å². The van der Waals surface area contributed by atoms with Gasteiger partial charge >= 0.3 is 0 Å². The van der Waals surface area contributed by atoms with Gasteiger partial charge in [-0.15, -0.1) is 0 Å². The van der Waals surface area contributed by atoms with Crippen LogP contribution in [0.4, 0.5) is 11.4 Å². The molecule has 0 saturated carbocycles. The van der Waals surface area contributed by atoms with E-state index in [4.69, 9.17) is 17.0 Å². The highest BCUT2D eigenvalue weighted by Crippen LogP contribution is 2.27. The van der Waals surface area contributed by atoms with Crippen LogP contribution in [-0.2, 0) is 16.1 Å². The number of hydrogen-bond donors (Lipinski definition) is 1. The van der Waals surface area contributed by atoms with Gasteiger partial charge in [0.15, 0.2) is 5.11 Å². The van der Waals surface area contributed by atoms with E-state index >= 15 is 0 Å². The molecule has 1 aliphatic rings. The number of nitrogens with one attached hydrogen (secondary N) is 1. The minimum absolute atomic E-state index is 0.0560. The Labute approximate surface area is 192 Å². The second kappa shape index (κ2) is 9.62. The molecule has 1 fully saturated rings. The molecule has 2 amide bonds. The number of thiocarbonyl (C=S) groups is 1. The van der Waals surface area contributed by atoms with Crippen molar-refractivity contribution in [3.05, 3.63) is 90.5 Å². The zero-order valence-corrected chi connectivity index (χ0v) is 18.4. The summed E-state index contributed by atoms with van der Waals surface area (Å²) in [6, 6.07) is 25.4. The van der Waals surface area contributed by atoms with E-state index in [0.29, 0.717) is 17.3 Å². The van der Waals surface area contributed by atoms with E-state index in [-0.39, 0.29) is 18.2 Å². The summed E-state index contributed by atoms with van der Waals surface area (Å²) in [6.45, 7) is 0.370. The van der Waals surface area contributed by atoms with Gasteiger partial charge in [0.05, 0.1) is 19.2 Å². The smallest absolute Gasteiger partial charge is 0.257 e. The monoisotopic (exact) mass is 445 g/mol. The SMILES string of the molecule is COc1ccc(CN(C(=S)Nc2ccccc2)[C@H]2CC(=O)N(c3ccccc3)C2=O)cc1. The lowest BCUT2D eigenvalue weighted by Crippen LogP contribution is -2.46. The van der Waals surface area contributed by atoms with Gasteiger partial charge in [0.2, 0.25) is 5.91 Å². The Morgan fingerprint density at radius 1 is 1.00 bits per heavy atom.